The van der Waals surface area contributed by atoms with Crippen LogP contribution in [0.2, 0.25) is 0 Å². The maximum absolute atomic E-state index is 5.30. The average molecular weight is 348 g/mol. The van der Waals surface area contributed by atoms with E-state index in [2.05, 4.69) is 64.6 Å². The largest absolute Gasteiger partial charge is 0.497 e. The summed E-state index contributed by atoms with van der Waals surface area (Å²) < 4.78 is 6.41. The molecule has 0 radical (unpaired) electrons. The van der Waals surface area contributed by atoms with E-state index in [-0.39, 0.29) is 0 Å². The van der Waals surface area contributed by atoms with Gasteiger partial charge in [-0.15, -0.1) is 0 Å². The van der Waals surface area contributed by atoms with Gasteiger partial charge in [-0.1, -0.05) is 59.6 Å². The highest BCUT2D eigenvalue weighted by Crippen LogP contribution is 2.24. The normalized spacial score (nSPS) is 12.1. The van der Waals surface area contributed by atoms with Crippen molar-refractivity contribution >= 4 is 15.9 Å². The summed E-state index contributed by atoms with van der Waals surface area (Å²) in [5.41, 5.74) is 2.56. The summed E-state index contributed by atoms with van der Waals surface area (Å²) in [4.78, 5) is 0. The molecule has 0 saturated carbocycles. The van der Waals surface area contributed by atoms with Gasteiger partial charge in [0.25, 0.3) is 0 Å². The number of ether oxygens (including phenoxy) is 1. The van der Waals surface area contributed by atoms with E-state index in [1.165, 1.54) is 11.1 Å². The molecule has 0 bridgehead atoms. The van der Waals surface area contributed by atoms with Crippen molar-refractivity contribution in [3.8, 4) is 5.75 Å². The van der Waals surface area contributed by atoms with Crippen molar-refractivity contribution in [2.24, 2.45) is 0 Å². The topological polar surface area (TPSA) is 21.3 Å². The minimum absolute atomic E-state index is 0.384. The molecule has 2 aromatic carbocycles. The Bertz CT molecular complexity index is 556. The molecule has 0 heterocycles. The van der Waals surface area contributed by atoms with Gasteiger partial charge in [-0.05, 0) is 35.7 Å². The first kappa shape index (κ1) is 16.1. The second-order valence-corrected chi connectivity index (χ2v) is 5.94. The third-order valence-electron chi connectivity index (χ3n) is 3.57. The second-order valence-electron chi connectivity index (χ2n) is 5.09. The van der Waals surface area contributed by atoms with Crippen molar-refractivity contribution in [3.05, 3.63) is 64.1 Å². The molecule has 0 aliphatic rings. The molecule has 0 aliphatic carbocycles. The van der Waals surface area contributed by atoms with Gasteiger partial charge < -0.3 is 10.1 Å². The molecule has 0 amide bonds. The summed E-state index contributed by atoms with van der Waals surface area (Å²) in [6.45, 7) is 3.04. The first-order valence-corrected chi connectivity index (χ1v) is 8.14. The summed E-state index contributed by atoms with van der Waals surface area (Å²) in [6.07, 6.45) is 2.29. The molecule has 0 fully saturated rings. The molecule has 21 heavy (non-hydrogen) atoms. The Morgan fingerprint density at radius 2 is 1.90 bits per heavy atom. The van der Waals surface area contributed by atoms with E-state index in [0.29, 0.717) is 6.04 Å². The molecule has 0 saturated heterocycles. The van der Waals surface area contributed by atoms with E-state index in [0.717, 1.165) is 29.6 Å². The molecule has 1 atom stereocenters. The Morgan fingerprint density at radius 1 is 1.14 bits per heavy atom. The molecule has 112 valence electrons. The highest BCUT2D eigenvalue weighted by molar-refractivity contribution is 9.10. The van der Waals surface area contributed by atoms with Crippen molar-refractivity contribution in [2.45, 2.75) is 32.4 Å². The molecule has 2 nitrogen and oxygen atoms in total. The van der Waals surface area contributed by atoms with E-state index in [1.807, 2.05) is 12.1 Å². The minimum atomic E-state index is 0.384. The molecule has 0 aromatic heterocycles. The van der Waals surface area contributed by atoms with Crippen LogP contribution in [0.25, 0.3) is 0 Å². The highest BCUT2D eigenvalue weighted by atomic mass is 79.9. The summed E-state index contributed by atoms with van der Waals surface area (Å²) in [7, 11) is 1.70. The number of nitrogens with one attached hydrogen (secondary N) is 1. The zero-order valence-electron chi connectivity index (χ0n) is 12.6. The first-order chi connectivity index (χ1) is 10.2. The zero-order chi connectivity index (χ0) is 15.1. The summed E-state index contributed by atoms with van der Waals surface area (Å²) in [5, 5.41) is 3.66. The Morgan fingerprint density at radius 3 is 2.57 bits per heavy atom. The van der Waals surface area contributed by atoms with Gasteiger partial charge >= 0.3 is 0 Å². The molecule has 2 rings (SSSR count). The molecule has 1 unspecified atom stereocenters. The highest BCUT2D eigenvalue weighted by Gasteiger charge is 2.11. The third-order valence-corrected chi connectivity index (χ3v) is 4.34. The van der Waals surface area contributed by atoms with Crippen LogP contribution in [0.15, 0.2) is 53.0 Å². The molecular formula is C18H22BrNO. The molecule has 2 aromatic rings. The summed E-state index contributed by atoms with van der Waals surface area (Å²) >= 11 is 3.61. The third kappa shape index (κ3) is 4.58. The average Bonchev–Trinajstić information content (AvgIpc) is 2.53. The molecule has 0 aliphatic heterocycles. The van der Waals surface area contributed by atoms with Gasteiger partial charge in [-0.2, -0.15) is 0 Å². The van der Waals surface area contributed by atoms with Gasteiger partial charge in [0.05, 0.1) is 7.11 Å². The standard InChI is InChI=1S/C18H22BrNO/c1-3-7-18(14-8-5-4-6-9-14)20-13-15-12-16(21-2)10-11-17(15)19/h4-6,8-12,18,20H,3,7,13H2,1-2H3. The smallest absolute Gasteiger partial charge is 0.119 e. The zero-order valence-corrected chi connectivity index (χ0v) is 14.2. The SMILES string of the molecule is CCCC(NCc1cc(OC)ccc1Br)c1ccccc1. The van der Waals surface area contributed by atoms with E-state index in [4.69, 9.17) is 4.74 Å². The lowest BCUT2D eigenvalue weighted by atomic mass is 10.0. The van der Waals surface area contributed by atoms with Crippen LogP contribution < -0.4 is 10.1 Å². The van der Waals surface area contributed by atoms with E-state index < -0.39 is 0 Å². The first-order valence-electron chi connectivity index (χ1n) is 7.35. The van der Waals surface area contributed by atoms with Crippen LogP contribution in [0.3, 0.4) is 0 Å². The van der Waals surface area contributed by atoms with Gasteiger partial charge in [0.15, 0.2) is 0 Å². The predicted octanol–water partition coefficient (Wildman–Crippen LogP) is 5.09. The van der Waals surface area contributed by atoms with Gasteiger partial charge in [0.2, 0.25) is 0 Å². The van der Waals surface area contributed by atoms with Crippen LogP contribution in [0.5, 0.6) is 5.75 Å². The molecule has 1 N–H and O–H groups in total. The van der Waals surface area contributed by atoms with Crippen molar-refractivity contribution in [1.29, 1.82) is 0 Å². The Kier molecular flexibility index (Phi) is 6.27. The molecule has 0 spiro atoms. The van der Waals surface area contributed by atoms with E-state index in [1.54, 1.807) is 7.11 Å². The number of benzene rings is 2. The number of hydrogen-bond acceptors (Lipinski definition) is 2. The van der Waals surface area contributed by atoms with E-state index >= 15 is 0 Å². The van der Waals surface area contributed by atoms with Crippen LogP contribution >= 0.6 is 15.9 Å². The van der Waals surface area contributed by atoms with Gasteiger partial charge in [0, 0.05) is 17.1 Å². The van der Waals surface area contributed by atoms with Gasteiger partial charge in [-0.3, -0.25) is 0 Å². The van der Waals surface area contributed by atoms with Crippen molar-refractivity contribution in [1.82, 2.24) is 5.32 Å². The van der Waals surface area contributed by atoms with Crippen molar-refractivity contribution in [3.63, 3.8) is 0 Å². The quantitative estimate of drug-likeness (QED) is 0.753. The van der Waals surface area contributed by atoms with Gasteiger partial charge in [-0.25, -0.2) is 0 Å². The number of hydrogen-bond donors (Lipinski definition) is 1. The lowest BCUT2D eigenvalue weighted by Crippen LogP contribution is -2.21. The second kappa shape index (κ2) is 8.20. The summed E-state index contributed by atoms with van der Waals surface area (Å²) in [5.74, 6) is 0.891. The lowest BCUT2D eigenvalue weighted by molar-refractivity contribution is 0.413. The van der Waals surface area contributed by atoms with Crippen LogP contribution in [0.4, 0.5) is 0 Å². The number of methoxy groups -OCH3 is 1. The number of halogens is 1. The fourth-order valence-electron chi connectivity index (χ4n) is 2.41. The fraction of sp³-hybridized carbons (Fsp3) is 0.333. The van der Waals surface area contributed by atoms with Crippen molar-refractivity contribution in [2.75, 3.05) is 7.11 Å². The molecular weight excluding hydrogens is 326 g/mol. The van der Waals surface area contributed by atoms with Crippen molar-refractivity contribution < 1.29 is 4.74 Å². The van der Waals surface area contributed by atoms with Crippen LogP contribution in [0.1, 0.15) is 36.9 Å². The lowest BCUT2D eigenvalue weighted by Gasteiger charge is -2.19. The predicted molar refractivity (Wildman–Crippen MR) is 91.6 cm³/mol. The maximum atomic E-state index is 5.30. The fourth-order valence-corrected chi connectivity index (χ4v) is 2.79. The molecule has 3 heteroatoms. The van der Waals surface area contributed by atoms with Gasteiger partial charge in [0.1, 0.15) is 5.75 Å². The Labute approximate surface area is 135 Å². The number of rotatable bonds is 7. The minimum Gasteiger partial charge on any atom is -0.497 e. The Balaban J connectivity index is 2.08. The van der Waals surface area contributed by atoms with Crippen LogP contribution in [-0.4, -0.2) is 7.11 Å². The van der Waals surface area contributed by atoms with E-state index in [9.17, 15) is 0 Å². The monoisotopic (exact) mass is 347 g/mol. The Hall–Kier alpha value is -1.32. The van der Waals surface area contributed by atoms with Crippen LogP contribution in [-0.2, 0) is 6.54 Å². The van der Waals surface area contributed by atoms with Crippen LogP contribution in [0, 0.1) is 0 Å². The maximum Gasteiger partial charge on any atom is 0.119 e. The summed E-state index contributed by atoms with van der Waals surface area (Å²) in [6, 6.07) is 17.1.